The van der Waals surface area contributed by atoms with Crippen LogP contribution in [0.4, 0.5) is 4.39 Å². The van der Waals surface area contributed by atoms with Crippen LogP contribution in [-0.4, -0.2) is 24.9 Å². The number of nitrogens with zero attached hydrogens (tertiary/aromatic N) is 1. The molecule has 1 aromatic rings. The first-order valence-electron chi connectivity index (χ1n) is 4.35. The molecule has 0 fully saturated rings. The van der Waals surface area contributed by atoms with Crippen LogP contribution in [0.1, 0.15) is 11.6 Å². The molecule has 0 heterocycles. The third-order valence-corrected chi connectivity index (χ3v) is 2.24. The molecule has 0 saturated heterocycles. The van der Waals surface area contributed by atoms with Crippen LogP contribution < -0.4 is 5.73 Å². The number of carbonyl (C=O) groups is 1. The molecule has 1 unspecified atom stereocenters. The highest BCUT2D eigenvalue weighted by Gasteiger charge is 2.20. The molecule has 15 heavy (non-hydrogen) atoms. The van der Waals surface area contributed by atoms with Gasteiger partial charge in [-0.25, -0.2) is 4.39 Å². The Morgan fingerprint density at radius 3 is 2.67 bits per heavy atom. The molecule has 82 valence electrons. The van der Waals surface area contributed by atoms with Gasteiger partial charge in [0, 0.05) is 24.7 Å². The largest absolute Gasteiger partial charge is 0.347 e. The maximum atomic E-state index is 13.3. The molecule has 2 N–H and O–H groups in total. The van der Waals surface area contributed by atoms with E-state index in [1.807, 2.05) is 0 Å². The molecule has 1 amide bonds. The minimum atomic E-state index is -1.02. The highest BCUT2D eigenvalue weighted by molar-refractivity contribution is 6.30. The van der Waals surface area contributed by atoms with Crippen LogP contribution in [0.5, 0.6) is 0 Å². The zero-order valence-electron chi connectivity index (χ0n) is 8.50. The van der Waals surface area contributed by atoms with E-state index in [2.05, 4.69) is 0 Å². The zero-order chi connectivity index (χ0) is 11.6. The molecule has 1 rings (SSSR count). The summed E-state index contributed by atoms with van der Waals surface area (Å²) in [6.45, 7) is 0. The van der Waals surface area contributed by atoms with Gasteiger partial charge in [0.15, 0.2) is 0 Å². The monoisotopic (exact) mass is 230 g/mol. The molecular weight excluding hydrogens is 219 g/mol. The van der Waals surface area contributed by atoms with Crippen LogP contribution in [0.25, 0.3) is 0 Å². The Labute approximate surface area is 92.6 Å². The van der Waals surface area contributed by atoms with Crippen molar-refractivity contribution in [2.24, 2.45) is 5.73 Å². The molecule has 3 nitrogen and oxygen atoms in total. The Balaban J connectivity index is 3.05. The van der Waals surface area contributed by atoms with Gasteiger partial charge in [0.2, 0.25) is 5.91 Å². The van der Waals surface area contributed by atoms with Crippen molar-refractivity contribution < 1.29 is 9.18 Å². The normalized spacial score (nSPS) is 12.3. The first-order chi connectivity index (χ1) is 6.93. The van der Waals surface area contributed by atoms with Gasteiger partial charge in [0.1, 0.15) is 11.9 Å². The summed E-state index contributed by atoms with van der Waals surface area (Å²) < 4.78 is 13.3. The molecule has 0 aliphatic rings. The highest BCUT2D eigenvalue weighted by Crippen LogP contribution is 2.20. The lowest BCUT2D eigenvalue weighted by Crippen LogP contribution is -2.33. The Morgan fingerprint density at radius 1 is 1.53 bits per heavy atom. The van der Waals surface area contributed by atoms with Crippen molar-refractivity contribution in [1.29, 1.82) is 0 Å². The van der Waals surface area contributed by atoms with Crippen LogP contribution in [0.2, 0.25) is 5.02 Å². The van der Waals surface area contributed by atoms with Crippen molar-refractivity contribution >= 4 is 17.5 Å². The molecule has 0 bridgehead atoms. The number of hydrogen-bond donors (Lipinski definition) is 1. The second-order valence-corrected chi connectivity index (χ2v) is 3.81. The maximum absolute atomic E-state index is 13.3. The minimum absolute atomic E-state index is 0.112. The van der Waals surface area contributed by atoms with Crippen molar-refractivity contribution in [3.63, 3.8) is 0 Å². The van der Waals surface area contributed by atoms with Gasteiger partial charge in [-0.2, -0.15) is 0 Å². The number of nitrogens with two attached hydrogens (primary N) is 1. The zero-order valence-corrected chi connectivity index (χ0v) is 9.25. The SMILES string of the molecule is CN(C)C(=O)C(N)c1cc(Cl)ccc1F. The minimum Gasteiger partial charge on any atom is -0.347 e. The van der Waals surface area contributed by atoms with Gasteiger partial charge in [-0.1, -0.05) is 11.6 Å². The molecule has 1 aromatic carbocycles. The highest BCUT2D eigenvalue weighted by atomic mass is 35.5. The summed E-state index contributed by atoms with van der Waals surface area (Å²) in [4.78, 5) is 12.8. The average Bonchev–Trinajstić information content (AvgIpc) is 2.19. The summed E-state index contributed by atoms with van der Waals surface area (Å²) >= 11 is 5.70. The smallest absolute Gasteiger partial charge is 0.243 e. The van der Waals surface area contributed by atoms with Gasteiger partial charge >= 0.3 is 0 Å². The van der Waals surface area contributed by atoms with E-state index in [9.17, 15) is 9.18 Å². The first kappa shape index (κ1) is 11.9. The summed E-state index contributed by atoms with van der Waals surface area (Å²) in [5.41, 5.74) is 5.73. The lowest BCUT2D eigenvalue weighted by atomic mass is 10.1. The molecule has 0 saturated carbocycles. The Hall–Kier alpha value is -1.13. The second-order valence-electron chi connectivity index (χ2n) is 3.38. The van der Waals surface area contributed by atoms with Crippen LogP contribution in [0.3, 0.4) is 0 Å². The van der Waals surface area contributed by atoms with Gasteiger partial charge < -0.3 is 10.6 Å². The molecule has 5 heteroatoms. The molecule has 0 aromatic heterocycles. The number of hydrogen-bond acceptors (Lipinski definition) is 2. The average molecular weight is 231 g/mol. The van der Waals surface area contributed by atoms with E-state index in [1.54, 1.807) is 14.1 Å². The van der Waals surface area contributed by atoms with Crippen molar-refractivity contribution in [1.82, 2.24) is 4.90 Å². The third-order valence-electron chi connectivity index (χ3n) is 2.00. The maximum Gasteiger partial charge on any atom is 0.243 e. The second kappa shape index (κ2) is 4.59. The predicted octanol–water partition coefficient (Wildman–Crippen LogP) is 1.57. The van der Waals surface area contributed by atoms with E-state index in [0.717, 1.165) is 0 Å². The standard InChI is InChI=1S/C10H12ClFN2O/c1-14(2)10(15)9(13)7-5-6(11)3-4-8(7)12/h3-5,9H,13H2,1-2H3. The first-order valence-corrected chi connectivity index (χ1v) is 4.73. The lowest BCUT2D eigenvalue weighted by molar-refractivity contribution is -0.130. The van der Waals surface area contributed by atoms with Gasteiger partial charge in [-0.15, -0.1) is 0 Å². The fraction of sp³-hybridized carbons (Fsp3) is 0.300. The van der Waals surface area contributed by atoms with Crippen LogP contribution >= 0.6 is 11.6 Å². The lowest BCUT2D eigenvalue weighted by Gasteiger charge is -2.17. The third kappa shape index (κ3) is 2.67. The van der Waals surface area contributed by atoms with Crippen molar-refractivity contribution in [2.75, 3.05) is 14.1 Å². The number of halogens is 2. The number of benzene rings is 1. The fourth-order valence-corrected chi connectivity index (χ4v) is 1.34. The van der Waals surface area contributed by atoms with E-state index in [0.29, 0.717) is 5.02 Å². The Bertz CT molecular complexity index is 382. The number of carbonyl (C=O) groups excluding carboxylic acids is 1. The van der Waals surface area contributed by atoms with Gasteiger partial charge in [-0.05, 0) is 18.2 Å². The summed E-state index contributed by atoms with van der Waals surface area (Å²) in [5.74, 6) is -0.890. The van der Waals surface area contributed by atoms with Crippen molar-refractivity contribution in [3.8, 4) is 0 Å². The Kier molecular flexibility index (Phi) is 3.66. The summed E-state index contributed by atoms with van der Waals surface area (Å²) in [7, 11) is 3.12. The summed E-state index contributed by atoms with van der Waals surface area (Å²) in [6, 6.07) is 2.95. The van der Waals surface area contributed by atoms with E-state index < -0.39 is 11.9 Å². The van der Waals surface area contributed by atoms with Crippen molar-refractivity contribution in [2.45, 2.75) is 6.04 Å². The molecule has 1 atom stereocenters. The van der Waals surface area contributed by atoms with Crippen molar-refractivity contribution in [3.05, 3.63) is 34.6 Å². The Morgan fingerprint density at radius 2 is 2.13 bits per heavy atom. The van der Waals surface area contributed by atoms with Crippen LogP contribution in [0, 0.1) is 5.82 Å². The quantitative estimate of drug-likeness (QED) is 0.838. The van der Waals surface area contributed by atoms with Gasteiger partial charge in [0.25, 0.3) is 0 Å². The number of amides is 1. The number of rotatable bonds is 2. The summed E-state index contributed by atoms with van der Waals surface area (Å²) in [6.07, 6.45) is 0. The van der Waals surface area contributed by atoms with E-state index in [4.69, 9.17) is 17.3 Å². The molecular formula is C10H12ClFN2O. The fourth-order valence-electron chi connectivity index (χ4n) is 1.16. The molecule has 0 aliphatic heterocycles. The van der Waals surface area contributed by atoms with E-state index in [1.165, 1.54) is 23.1 Å². The van der Waals surface area contributed by atoms with Gasteiger partial charge in [-0.3, -0.25) is 4.79 Å². The molecule has 0 aliphatic carbocycles. The topological polar surface area (TPSA) is 46.3 Å². The van der Waals surface area contributed by atoms with E-state index in [-0.39, 0.29) is 11.5 Å². The van der Waals surface area contributed by atoms with Gasteiger partial charge in [0.05, 0.1) is 0 Å². The van der Waals surface area contributed by atoms with Crippen LogP contribution in [-0.2, 0) is 4.79 Å². The van der Waals surface area contributed by atoms with E-state index >= 15 is 0 Å². The predicted molar refractivity (Wildman–Crippen MR) is 57.0 cm³/mol. The molecule has 0 radical (unpaired) electrons. The number of likely N-dealkylation sites (N-methyl/N-ethyl adjacent to an activating group) is 1. The molecule has 0 spiro atoms. The van der Waals surface area contributed by atoms with Crippen LogP contribution in [0.15, 0.2) is 18.2 Å². The summed E-state index contributed by atoms with van der Waals surface area (Å²) in [5, 5.41) is 0.355.